The van der Waals surface area contributed by atoms with Crippen molar-refractivity contribution in [2.45, 2.75) is 19.1 Å². The van der Waals surface area contributed by atoms with E-state index >= 15 is 0 Å². The molecule has 0 radical (unpaired) electrons. The molecule has 2 N–H and O–H groups in total. The third-order valence-corrected chi connectivity index (χ3v) is 3.55. The van der Waals surface area contributed by atoms with Gasteiger partial charge >= 0.3 is 6.18 Å². The molecule has 3 aromatic rings. The zero-order valence-electron chi connectivity index (χ0n) is 13.7. The third-order valence-electron chi connectivity index (χ3n) is 3.55. The Morgan fingerprint density at radius 2 is 2.00 bits per heavy atom. The second-order valence-corrected chi connectivity index (χ2v) is 5.66. The van der Waals surface area contributed by atoms with Crippen LogP contribution in [0, 0.1) is 0 Å². The maximum atomic E-state index is 12.8. The monoisotopic (exact) mass is 364 g/mol. The van der Waals surface area contributed by atoms with Crippen LogP contribution in [0.25, 0.3) is 22.8 Å². The van der Waals surface area contributed by atoms with Crippen LogP contribution < -0.4 is 5.32 Å². The van der Waals surface area contributed by atoms with Crippen LogP contribution in [-0.4, -0.2) is 32.9 Å². The van der Waals surface area contributed by atoms with Gasteiger partial charge in [-0.25, -0.2) is 4.98 Å². The van der Waals surface area contributed by atoms with E-state index in [-0.39, 0.29) is 29.9 Å². The van der Waals surface area contributed by atoms with E-state index in [9.17, 15) is 13.2 Å². The van der Waals surface area contributed by atoms with Crippen molar-refractivity contribution >= 4 is 5.82 Å². The summed E-state index contributed by atoms with van der Waals surface area (Å²) in [5, 5.41) is 15.7. The number of halogens is 3. The van der Waals surface area contributed by atoms with Crippen LogP contribution in [0.3, 0.4) is 0 Å². The second-order valence-electron chi connectivity index (χ2n) is 5.66. The molecule has 9 heteroatoms. The summed E-state index contributed by atoms with van der Waals surface area (Å²) in [5.74, 6) is 0.766. The molecule has 1 atom stereocenters. The molecule has 3 rings (SSSR count). The molecule has 0 aliphatic carbocycles. The zero-order valence-corrected chi connectivity index (χ0v) is 13.7. The van der Waals surface area contributed by atoms with Crippen molar-refractivity contribution in [1.29, 1.82) is 0 Å². The lowest BCUT2D eigenvalue weighted by Gasteiger charge is -2.10. The van der Waals surface area contributed by atoms with Crippen molar-refractivity contribution in [3.05, 3.63) is 48.2 Å². The summed E-state index contributed by atoms with van der Waals surface area (Å²) in [6.45, 7) is 1.77. The van der Waals surface area contributed by atoms with E-state index in [1.165, 1.54) is 18.3 Å². The highest BCUT2D eigenvalue weighted by atomic mass is 19.4. The fraction of sp³-hybridized carbons (Fsp3) is 0.235. The molecular weight excluding hydrogens is 349 g/mol. The number of benzene rings is 1. The Morgan fingerprint density at radius 3 is 2.65 bits per heavy atom. The van der Waals surface area contributed by atoms with Crippen molar-refractivity contribution in [3.63, 3.8) is 0 Å². The fourth-order valence-electron chi connectivity index (χ4n) is 2.20. The number of aliphatic hydroxyl groups is 1. The first-order valence-corrected chi connectivity index (χ1v) is 7.72. The Labute approximate surface area is 146 Å². The van der Waals surface area contributed by atoms with Gasteiger partial charge in [-0.3, -0.25) is 0 Å². The van der Waals surface area contributed by atoms with Gasteiger partial charge in [-0.1, -0.05) is 17.3 Å². The largest absolute Gasteiger partial charge is 0.416 e. The van der Waals surface area contributed by atoms with Gasteiger partial charge in [0.1, 0.15) is 5.82 Å². The zero-order chi connectivity index (χ0) is 18.7. The van der Waals surface area contributed by atoms with Crippen LogP contribution in [0.5, 0.6) is 0 Å². The van der Waals surface area contributed by atoms with Crippen LogP contribution >= 0.6 is 0 Å². The minimum absolute atomic E-state index is 0.0343. The molecule has 26 heavy (non-hydrogen) atoms. The van der Waals surface area contributed by atoms with Gasteiger partial charge in [0.2, 0.25) is 5.82 Å². The predicted molar refractivity (Wildman–Crippen MR) is 88.1 cm³/mol. The summed E-state index contributed by atoms with van der Waals surface area (Å²) in [7, 11) is 0. The van der Waals surface area contributed by atoms with Crippen LogP contribution in [0.4, 0.5) is 19.0 Å². The molecular formula is C17H15F3N4O2. The smallest absolute Gasteiger partial charge is 0.394 e. The maximum absolute atomic E-state index is 12.8. The summed E-state index contributed by atoms with van der Waals surface area (Å²) in [4.78, 5) is 8.31. The van der Waals surface area contributed by atoms with Crippen molar-refractivity contribution < 1.29 is 22.8 Å². The van der Waals surface area contributed by atoms with Gasteiger partial charge in [0.15, 0.2) is 0 Å². The van der Waals surface area contributed by atoms with Crippen molar-refractivity contribution in [3.8, 4) is 22.8 Å². The van der Waals surface area contributed by atoms with Gasteiger partial charge in [0.25, 0.3) is 5.89 Å². The molecule has 0 spiro atoms. The Morgan fingerprint density at radius 1 is 1.19 bits per heavy atom. The van der Waals surface area contributed by atoms with Gasteiger partial charge in [0, 0.05) is 17.8 Å². The normalized spacial score (nSPS) is 12.8. The Hall–Kier alpha value is -2.94. The molecule has 2 heterocycles. The first-order valence-electron chi connectivity index (χ1n) is 7.72. The molecule has 0 amide bonds. The first kappa shape index (κ1) is 17.9. The average Bonchev–Trinajstić information content (AvgIpc) is 3.12. The van der Waals surface area contributed by atoms with Crippen molar-refractivity contribution in [2.24, 2.45) is 0 Å². The highest BCUT2D eigenvalue weighted by molar-refractivity contribution is 5.60. The number of anilines is 1. The summed E-state index contributed by atoms with van der Waals surface area (Å²) in [6.07, 6.45) is -2.95. The lowest BCUT2D eigenvalue weighted by molar-refractivity contribution is -0.137. The van der Waals surface area contributed by atoms with Gasteiger partial charge in [0.05, 0.1) is 17.7 Å². The number of alkyl halides is 3. The standard InChI is InChI=1S/C17H15F3N4O2/c1-10(9-25)22-14-6-5-12(8-21-14)16-23-15(24-26-16)11-3-2-4-13(7-11)17(18,19)20/h2-8,10,25H,9H2,1H3,(H,21,22)/t10-/m0/s1. The number of nitrogens with zero attached hydrogens (tertiary/aromatic N) is 3. The van der Waals surface area contributed by atoms with Crippen LogP contribution in [0.2, 0.25) is 0 Å². The Kier molecular flexibility index (Phi) is 4.90. The second kappa shape index (κ2) is 7.12. The molecule has 1 aromatic carbocycles. The number of nitrogens with one attached hydrogen (secondary N) is 1. The summed E-state index contributed by atoms with van der Waals surface area (Å²) in [5.41, 5.74) is -0.0489. The molecule has 136 valence electrons. The Bertz CT molecular complexity index is 878. The number of aromatic nitrogens is 3. The molecule has 0 bridgehead atoms. The topological polar surface area (TPSA) is 84.1 Å². The molecule has 0 fully saturated rings. The van der Waals surface area contributed by atoms with Gasteiger partial charge in [-0.15, -0.1) is 0 Å². The molecule has 0 saturated heterocycles. The van der Waals surface area contributed by atoms with E-state index in [1.807, 2.05) is 0 Å². The Balaban J connectivity index is 1.82. The van der Waals surface area contributed by atoms with Gasteiger partial charge in [-0.2, -0.15) is 18.2 Å². The minimum Gasteiger partial charge on any atom is -0.394 e. The molecule has 0 saturated carbocycles. The summed E-state index contributed by atoms with van der Waals surface area (Å²) < 4.78 is 43.6. The summed E-state index contributed by atoms with van der Waals surface area (Å²) >= 11 is 0. The first-order chi connectivity index (χ1) is 12.4. The van der Waals surface area contributed by atoms with E-state index < -0.39 is 11.7 Å². The average molecular weight is 364 g/mol. The van der Waals surface area contributed by atoms with Crippen LogP contribution in [-0.2, 0) is 6.18 Å². The molecule has 2 aromatic heterocycles. The third kappa shape index (κ3) is 3.99. The quantitative estimate of drug-likeness (QED) is 0.720. The highest BCUT2D eigenvalue weighted by Crippen LogP contribution is 2.32. The van der Waals surface area contributed by atoms with E-state index in [1.54, 1.807) is 19.1 Å². The lowest BCUT2D eigenvalue weighted by Crippen LogP contribution is -2.19. The number of aliphatic hydroxyl groups excluding tert-OH is 1. The number of pyridine rings is 1. The van der Waals surface area contributed by atoms with Crippen molar-refractivity contribution in [2.75, 3.05) is 11.9 Å². The van der Waals surface area contributed by atoms with Gasteiger partial charge < -0.3 is 14.9 Å². The molecule has 0 unspecified atom stereocenters. The van der Waals surface area contributed by atoms with E-state index in [2.05, 4.69) is 20.4 Å². The predicted octanol–water partition coefficient (Wildman–Crippen LogP) is 3.61. The number of rotatable bonds is 5. The van der Waals surface area contributed by atoms with E-state index in [0.29, 0.717) is 11.4 Å². The SMILES string of the molecule is C[C@@H](CO)Nc1ccc(-c2nc(-c3cccc(C(F)(F)F)c3)no2)cn1. The van der Waals surface area contributed by atoms with Crippen LogP contribution in [0.15, 0.2) is 47.1 Å². The van der Waals surface area contributed by atoms with E-state index in [4.69, 9.17) is 9.63 Å². The highest BCUT2D eigenvalue weighted by Gasteiger charge is 2.30. The number of hydrogen-bond donors (Lipinski definition) is 2. The lowest BCUT2D eigenvalue weighted by atomic mass is 10.1. The summed E-state index contributed by atoms with van der Waals surface area (Å²) in [6, 6.07) is 7.93. The van der Waals surface area contributed by atoms with Crippen LogP contribution in [0.1, 0.15) is 12.5 Å². The minimum atomic E-state index is -4.44. The van der Waals surface area contributed by atoms with E-state index in [0.717, 1.165) is 12.1 Å². The fourth-order valence-corrected chi connectivity index (χ4v) is 2.20. The molecule has 6 nitrogen and oxygen atoms in total. The maximum Gasteiger partial charge on any atom is 0.416 e. The van der Waals surface area contributed by atoms with Gasteiger partial charge in [-0.05, 0) is 31.2 Å². The molecule has 0 aliphatic rings. The molecule has 0 aliphatic heterocycles. The van der Waals surface area contributed by atoms with Crippen molar-refractivity contribution in [1.82, 2.24) is 15.1 Å². The number of hydrogen-bond acceptors (Lipinski definition) is 6.